The second kappa shape index (κ2) is 11.7. The topological polar surface area (TPSA) is 119 Å². The molecular formula is C28H31F3N4O6. The van der Waals surface area contributed by atoms with E-state index in [2.05, 4.69) is 10.1 Å². The molecule has 220 valence electrons. The average molecular weight is 577 g/mol. The first-order valence-electron chi connectivity index (χ1n) is 13.0. The number of hydrogen-bond acceptors (Lipinski definition) is 6. The molecule has 1 atom stereocenters. The quantitative estimate of drug-likeness (QED) is 0.496. The third-order valence-corrected chi connectivity index (χ3v) is 7.57. The van der Waals surface area contributed by atoms with Gasteiger partial charge < -0.3 is 29.9 Å². The van der Waals surface area contributed by atoms with E-state index in [-0.39, 0.29) is 24.6 Å². The predicted molar refractivity (Wildman–Crippen MR) is 141 cm³/mol. The Labute approximate surface area is 234 Å². The van der Waals surface area contributed by atoms with E-state index in [4.69, 9.17) is 0 Å². The van der Waals surface area contributed by atoms with Crippen molar-refractivity contribution in [3.05, 3.63) is 59.4 Å². The lowest BCUT2D eigenvalue weighted by atomic mass is 9.85. The van der Waals surface area contributed by atoms with Crippen LogP contribution >= 0.6 is 0 Å². The molecule has 0 radical (unpaired) electrons. The Morgan fingerprint density at radius 1 is 1.05 bits per heavy atom. The van der Waals surface area contributed by atoms with Crippen LogP contribution in [0.3, 0.4) is 0 Å². The molecule has 2 aromatic rings. The van der Waals surface area contributed by atoms with E-state index in [1.807, 2.05) is 4.90 Å². The Morgan fingerprint density at radius 2 is 1.68 bits per heavy atom. The first-order chi connectivity index (χ1) is 19.3. The molecule has 0 saturated carbocycles. The van der Waals surface area contributed by atoms with Crippen LogP contribution in [0.5, 0.6) is 5.75 Å². The summed E-state index contributed by atoms with van der Waals surface area (Å²) in [4.78, 5) is 56.1. The van der Waals surface area contributed by atoms with Crippen LogP contribution in [0.4, 0.5) is 18.9 Å². The highest BCUT2D eigenvalue weighted by atomic mass is 19.3. The van der Waals surface area contributed by atoms with Gasteiger partial charge in [0.15, 0.2) is 0 Å². The number of piperidine rings is 1. The zero-order valence-electron chi connectivity index (χ0n) is 22.8. The third-order valence-electron chi connectivity index (χ3n) is 7.57. The normalized spacial score (nSPS) is 17.4. The van der Waals surface area contributed by atoms with Crippen molar-refractivity contribution >= 4 is 29.4 Å². The Balaban J connectivity index is 1.49. The van der Waals surface area contributed by atoms with Gasteiger partial charge in [-0.1, -0.05) is 13.8 Å². The number of carboxylic acid groups (broad SMARTS) is 1. The van der Waals surface area contributed by atoms with Crippen molar-refractivity contribution in [1.29, 1.82) is 0 Å². The number of anilines is 1. The Morgan fingerprint density at radius 3 is 2.24 bits per heavy atom. The molecule has 13 heteroatoms. The lowest BCUT2D eigenvalue weighted by molar-refractivity contribution is -0.139. The molecule has 1 unspecified atom stereocenters. The van der Waals surface area contributed by atoms with Gasteiger partial charge >= 0.3 is 12.6 Å². The number of carboxylic acids is 1. The number of carbonyl (C=O) groups is 4. The van der Waals surface area contributed by atoms with Crippen molar-refractivity contribution in [1.82, 2.24) is 15.1 Å². The van der Waals surface area contributed by atoms with Crippen LogP contribution in [-0.4, -0.2) is 83.6 Å². The molecule has 2 aliphatic rings. The van der Waals surface area contributed by atoms with Crippen molar-refractivity contribution in [2.75, 3.05) is 31.7 Å². The number of aromatic carboxylic acids is 1. The van der Waals surface area contributed by atoms with Crippen LogP contribution in [0, 0.1) is 11.7 Å². The number of rotatable bonds is 8. The molecular weight excluding hydrogens is 545 g/mol. The van der Waals surface area contributed by atoms with E-state index in [1.54, 1.807) is 42.8 Å². The number of carbonyl (C=O) groups excluding carboxylic acids is 3. The SMILES string of the molecule is CC(C)C(NC(=O)c1cc(OC(F)F)ccc1F)C(=O)N1CCC2(CC1)C(=O)N(C)CN2c1ccc(C(=O)O)cc1. The van der Waals surface area contributed by atoms with Gasteiger partial charge in [-0.3, -0.25) is 14.4 Å². The van der Waals surface area contributed by atoms with E-state index in [0.29, 0.717) is 25.2 Å². The molecule has 2 heterocycles. The molecule has 0 bridgehead atoms. The van der Waals surface area contributed by atoms with Gasteiger partial charge in [-0.15, -0.1) is 0 Å². The minimum absolute atomic E-state index is 0.109. The number of ether oxygens (including phenoxy) is 1. The van der Waals surface area contributed by atoms with Crippen LogP contribution < -0.4 is 15.0 Å². The first kappa shape index (κ1) is 29.7. The summed E-state index contributed by atoms with van der Waals surface area (Å²) in [5.41, 5.74) is -0.665. The number of likely N-dealkylation sites (tertiary alicyclic amines) is 1. The molecule has 2 aromatic carbocycles. The molecule has 2 N–H and O–H groups in total. The van der Waals surface area contributed by atoms with Crippen LogP contribution in [0.1, 0.15) is 47.4 Å². The van der Waals surface area contributed by atoms with E-state index >= 15 is 0 Å². The van der Waals surface area contributed by atoms with Crippen molar-refractivity contribution in [2.24, 2.45) is 5.92 Å². The predicted octanol–water partition coefficient (Wildman–Crippen LogP) is 3.18. The summed E-state index contributed by atoms with van der Waals surface area (Å²) in [5.74, 6) is -4.29. The highest BCUT2D eigenvalue weighted by molar-refractivity contribution is 5.98. The van der Waals surface area contributed by atoms with Crippen molar-refractivity contribution in [3.8, 4) is 5.75 Å². The minimum atomic E-state index is -3.16. The van der Waals surface area contributed by atoms with E-state index in [0.717, 1.165) is 18.2 Å². The lowest BCUT2D eigenvalue weighted by Crippen LogP contribution is -2.60. The number of hydrogen-bond donors (Lipinski definition) is 2. The number of amides is 3. The molecule has 2 aliphatic heterocycles. The summed E-state index contributed by atoms with van der Waals surface area (Å²) >= 11 is 0. The summed E-state index contributed by atoms with van der Waals surface area (Å²) in [7, 11) is 1.68. The van der Waals surface area contributed by atoms with E-state index in [9.17, 15) is 37.5 Å². The van der Waals surface area contributed by atoms with Gasteiger partial charge in [-0.05, 0) is 61.2 Å². The second-order valence-corrected chi connectivity index (χ2v) is 10.5. The first-order valence-corrected chi connectivity index (χ1v) is 13.0. The zero-order chi connectivity index (χ0) is 30.1. The molecule has 0 aliphatic carbocycles. The number of nitrogens with zero attached hydrogens (tertiary/aromatic N) is 3. The average Bonchev–Trinajstić information content (AvgIpc) is 3.17. The molecule has 0 aromatic heterocycles. The van der Waals surface area contributed by atoms with Gasteiger partial charge in [0.1, 0.15) is 23.1 Å². The fraction of sp³-hybridized carbons (Fsp3) is 0.429. The van der Waals surface area contributed by atoms with Gasteiger partial charge in [-0.2, -0.15) is 8.78 Å². The standard InChI is InChI=1S/C28H31F3N4O6/c1-16(2)22(32-23(36)20-14-19(41-27(30)31)8-9-21(20)29)24(37)34-12-10-28(11-13-34)26(40)33(3)15-35(28)18-6-4-17(5-7-18)25(38)39/h4-9,14,16,22,27H,10-13,15H2,1-3H3,(H,32,36)(H,38,39). The Hall–Kier alpha value is -4.29. The van der Waals surface area contributed by atoms with E-state index in [1.165, 1.54) is 12.1 Å². The van der Waals surface area contributed by atoms with Crippen LogP contribution in [-0.2, 0) is 9.59 Å². The molecule has 2 fully saturated rings. The molecule has 2 saturated heterocycles. The molecule has 10 nitrogen and oxygen atoms in total. The number of likely N-dealkylation sites (N-methyl/N-ethyl adjacent to an activating group) is 1. The van der Waals surface area contributed by atoms with Gasteiger partial charge in [0.25, 0.3) is 5.91 Å². The summed E-state index contributed by atoms with van der Waals surface area (Å²) in [5, 5.41) is 11.7. The Bertz CT molecular complexity index is 1330. The largest absolute Gasteiger partial charge is 0.478 e. The molecule has 1 spiro atoms. The summed E-state index contributed by atoms with van der Waals surface area (Å²) < 4.78 is 43.8. The van der Waals surface area contributed by atoms with E-state index < -0.39 is 59.0 Å². The summed E-state index contributed by atoms with van der Waals surface area (Å²) in [6.45, 7) is 0.956. The van der Waals surface area contributed by atoms with Crippen LogP contribution in [0.25, 0.3) is 0 Å². The van der Waals surface area contributed by atoms with Crippen molar-refractivity contribution in [3.63, 3.8) is 0 Å². The second-order valence-electron chi connectivity index (χ2n) is 10.5. The number of alkyl halides is 2. The van der Waals surface area contributed by atoms with Gasteiger partial charge in [-0.25, -0.2) is 9.18 Å². The lowest BCUT2D eigenvalue weighted by Gasteiger charge is -2.44. The van der Waals surface area contributed by atoms with Crippen molar-refractivity contribution < 1.29 is 42.2 Å². The zero-order valence-corrected chi connectivity index (χ0v) is 22.8. The van der Waals surface area contributed by atoms with Crippen LogP contribution in [0.2, 0.25) is 0 Å². The fourth-order valence-corrected chi connectivity index (χ4v) is 5.36. The Kier molecular flexibility index (Phi) is 8.45. The summed E-state index contributed by atoms with van der Waals surface area (Å²) in [6, 6.07) is 7.86. The van der Waals surface area contributed by atoms with Gasteiger partial charge in [0, 0.05) is 25.8 Å². The minimum Gasteiger partial charge on any atom is -0.478 e. The van der Waals surface area contributed by atoms with Gasteiger partial charge in [0.05, 0.1) is 17.8 Å². The maximum atomic E-state index is 14.4. The third kappa shape index (κ3) is 5.93. The molecule has 4 rings (SSSR count). The summed E-state index contributed by atoms with van der Waals surface area (Å²) in [6.07, 6.45) is 0.589. The smallest absolute Gasteiger partial charge is 0.387 e. The molecule has 3 amide bonds. The monoisotopic (exact) mass is 576 g/mol. The highest BCUT2D eigenvalue weighted by Crippen LogP contribution is 2.39. The fourth-order valence-electron chi connectivity index (χ4n) is 5.36. The van der Waals surface area contributed by atoms with Crippen LogP contribution in [0.15, 0.2) is 42.5 Å². The number of nitrogens with one attached hydrogen (secondary N) is 1. The van der Waals surface area contributed by atoms with Crippen molar-refractivity contribution in [2.45, 2.75) is 44.9 Å². The maximum Gasteiger partial charge on any atom is 0.387 e. The highest BCUT2D eigenvalue weighted by Gasteiger charge is 2.53. The number of halogens is 3. The van der Waals surface area contributed by atoms with Gasteiger partial charge in [0.2, 0.25) is 11.8 Å². The number of benzene rings is 2. The maximum absolute atomic E-state index is 14.4. The molecule has 41 heavy (non-hydrogen) atoms.